The molecule has 17 heavy (non-hydrogen) atoms. The van der Waals surface area contributed by atoms with Crippen LogP contribution in [0.4, 0.5) is 0 Å². The lowest BCUT2D eigenvalue weighted by Gasteiger charge is -2.35. The molecule has 1 fully saturated rings. The Balaban J connectivity index is 2.35. The molecule has 0 amide bonds. The molecule has 0 saturated heterocycles. The Morgan fingerprint density at radius 2 is 1.71 bits per heavy atom. The lowest BCUT2D eigenvalue weighted by atomic mass is 9.74. The van der Waals surface area contributed by atoms with E-state index in [1.54, 1.807) is 0 Å². The minimum Gasteiger partial charge on any atom is -0.317 e. The lowest BCUT2D eigenvalue weighted by Crippen LogP contribution is -2.36. The molecule has 1 saturated carbocycles. The number of nitrogens with one attached hydrogen (secondary N) is 1. The predicted molar refractivity (Wildman–Crippen MR) is 75.8 cm³/mol. The van der Waals surface area contributed by atoms with Gasteiger partial charge in [-0.3, -0.25) is 0 Å². The molecule has 1 unspecified atom stereocenters. The molecule has 0 aromatic rings. The molecular formula is C16H29N. The molecule has 1 atom stereocenters. The first-order valence-corrected chi connectivity index (χ1v) is 7.25. The second kappa shape index (κ2) is 7.77. The van der Waals surface area contributed by atoms with E-state index in [0.717, 1.165) is 24.2 Å². The molecule has 98 valence electrons. The van der Waals surface area contributed by atoms with E-state index < -0.39 is 0 Å². The van der Waals surface area contributed by atoms with Crippen LogP contribution >= 0.6 is 0 Å². The lowest BCUT2D eigenvalue weighted by molar-refractivity contribution is 0.188. The van der Waals surface area contributed by atoms with Crippen LogP contribution in [0.1, 0.15) is 59.3 Å². The number of rotatable bonds is 5. The van der Waals surface area contributed by atoms with E-state index in [9.17, 15) is 0 Å². The van der Waals surface area contributed by atoms with Crippen molar-refractivity contribution in [1.29, 1.82) is 0 Å². The van der Waals surface area contributed by atoms with E-state index in [-0.39, 0.29) is 0 Å². The first kappa shape index (κ1) is 14.6. The average Bonchev–Trinajstić information content (AvgIpc) is 2.35. The van der Waals surface area contributed by atoms with Gasteiger partial charge in [0.2, 0.25) is 0 Å². The van der Waals surface area contributed by atoms with E-state index in [0.29, 0.717) is 6.04 Å². The summed E-state index contributed by atoms with van der Waals surface area (Å²) in [7, 11) is 2.11. The van der Waals surface area contributed by atoms with Crippen LogP contribution < -0.4 is 5.32 Å². The van der Waals surface area contributed by atoms with E-state index >= 15 is 0 Å². The molecular weight excluding hydrogens is 206 g/mol. The summed E-state index contributed by atoms with van der Waals surface area (Å²) in [5.41, 5.74) is 0. The zero-order valence-electron chi connectivity index (χ0n) is 12.1. The summed E-state index contributed by atoms with van der Waals surface area (Å²) >= 11 is 0. The third kappa shape index (κ3) is 4.72. The van der Waals surface area contributed by atoms with E-state index in [4.69, 9.17) is 0 Å². The van der Waals surface area contributed by atoms with Crippen LogP contribution in [0.5, 0.6) is 0 Å². The quantitative estimate of drug-likeness (QED) is 0.714. The maximum Gasteiger partial charge on any atom is 0.0103 e. The Bertz CT molecular complexity index is 250. The summed E-state index contributed by atoms with van der Waals surface area (Å²) in [6.45, 7) is 6.68. The van der Waals surface area contributed by atoms with Crippen molar-refractivity contribution in [3.05, 3.63) is 0 Å². The predicted octanol–water partition coefficient (Wildman–Crippen LogP) is 3.84. The zero-order valence-corrected chi connectivity index (χ0v) is 12.1. The third-order valence-corrected chi connectivity index (χ3v) is 4.46. The Morgan fingerprint density at radius 1 is 1.12 bits per heavy atom. The maximum atomic E-state index is 3.51. The van der Waals surface area contributed by atoms with Gasteiger partial charge in [-0.2, -0.15) is 0 Å². The van der Waals surface area contributed by atoms with Crippen molar-refractivity contribution in [2.45, 2.75) is 65.3 Å². The zero-order chi connectivity index (χ0) is 12.7. The molecule has 0 radical (unpaired) electrons. The van der Waals surface area contributed by atoms with Gasteiger partial charge in [0.1, 0.15) is 0 Å². The normalized spacial score (nSPS) is 26.4. The van der Waals surface area contributed by atoms with Crippen molar-refractivity contribution in [3.8, 4) is 11.8 Å². The highest BCUT2D eigenvalue weighted by Crippen LogP contribution is 2.35. The number of hydrogen-bond acceptors (Lipinski definition) is 1. The van der Waals surface area contributed by atoms with Gasteiger partial charge in [0, 0.05) is 12.5 Å². The maximum absolute atomic E-state index is 3.51. The molecule has 1 heteroatoms. The first-order chi connectivity index (χ1) is 8.19. The number of hydrogen-bond donors (Lipinski definition) is 1. The largest absolute Gasteiger partial charge is 0.317 e. The van der Waals surface area contributed by atoms with Crippen LogP contribution in [0.15, 0.2) is 0 Å². The second-order valence-corrected chi connectivity index (χ2v) is 5.78. The molecule has 0 heterocycles. The fraction of sp³-hybridized carbons (Fsp3) is 0.875. The molecule has 1 aliphatic carbocycles. The average molecular weight is 235 g/mol. The molecule has 1 aliphatic rings. The SMILES string of the molecule is CC#CCCC(NC)C1CCC(C(C)C)CC1. The van der Waals surface area contributed by atoms with Gasteiger partial charge in [-0.15, -0.1) is 11.8 Å². The summed E-state index contributed by atoms with van der Waals surface area (Å²) < 4.78 is 0. The molecule has 1 rings (SSSR count). The van der Waals surface area contributed by atoms with Crippen molar-refractivity contribution in [1.82, 2.24) is 5.32 Å². The Kier molecular flexibility index (Phi) is 6.66. The summed E-state index contributed by atoms with van der Waals surface area (Å²) in [4.78, 5) is 0. The van der Waals surface area contributed by atoms with Gasteiger partial charge in [0.25, 0.3) is 0 Å². The van der Waals surface area contributed by atoms with Crippen LogP contribution in [0.3, 0.4) is 0 Å². The third-order valence-electron chi connectivity index (χ3n) is 4.46. The van der Waals surface area contributed by atoms with Gasteiger partial charge in [0.15, 0.2) is 0 Å². The highest BCUT2D eigenvalue weighted by Gasteiger charge is 2.27. The molecule has 0 spiro atoms. The van der Waals surface area contributed by atoms with Crippen LogP contribution in [-0.2, 0) is 0 Å². The van der Waals surface area contributed by atoms with Crippen LogP contribution in [0.2, 0.25) is 0 Å². The molecule has 0 aromatic heterocycles. The molecule has 0 bridgehead atoms. The van der Waals surface area contributed by atoms with Crippen molar-refractivity contribution in [3.63, 3.8) is 0 Å². The summed E-state index contributed by atoms with van der Waals surface area (Å²) in [5, 5.41) is 3.51. The Labute approximate surface area is 108 Å². The first-order valence-electron chi connectivity index (χ1n) is 7.25. The van der Waals surface area contributed by atoms with Gasteiger partial charge >= 0.3 is 0 Å². The van der Waals surface area contributed by atoms with Crippen molar-refractivity contribution in [2.75, 3.05) is 7.05 Å². The van der Waals surface area contributed by atoms with Crippen molar-refractivity contribution in [2.24, 2.45) is 17.8 Å². The van der Waals surface area contributed by atoms with Gasteiger partial charge in [-0.1, -0.05) is 13.8 Å². The molecule has 1 N–H and O–H groups in total. The topological polar surface area (TPSA) is 12.0 Å². The van der Waals surface area contributed by atoms with E-state index in [1.807, 2.05) is 6.92 Å². The smallest absolute Gasteiger partial charge is 0.0103 e. The highest BCUT2D eigenvalue weighted by atomic mass is 14.9. The Hall–Kier alpha value is -0.480. The van der Waals surface area contributed by atoms with Crippen molar-refractivity contribution < 1.29 is 0 Å². The van der Waals surface area contributed by atoms with Gasteiger partial charge < -0.3 is 5.32 Å². The minimum atomic E-state index is 0.684. The van der Waals surface area contributed by atoms with Crippen LogP contribution in [-0.4, -0.2) is 13.1 Å². The van der Waals surface area contributed by atoms with E-state index in [1.165, 1.54) is 32.1 Å². The van der Waals surface area contributed by atoms with Crippen LogP contribution in [0, 0.1) is 29.6 Å². The Morgan fingerprint density at radius 3 is 2.18 bits per heavy atom. The van der Waals surface area contributed by atoms with Crippen molar-refractivity contribution >= 4 is 0 Å². The second-order valence-electron chi connectivity index (χ2n) is 5.78. The minimum absolute atomic E-state index is 0.684. The van der Waals surface area contributed by atoms with Gasteiger partial charge in [0.05, 0.1) is 0 Å². The van der Waals surface area contributed by atoms with Gasteiger partial charge in [-0.05, 0) is 63.8 Å². The summed E-state index contributed by atoms with van der Waals surface area (Å²) in [5.74, 6) is 8.91. The monoisotopic (exact) mass is 235 g/mol. The fourth-order valence-corrected chi connectivity index (χ4v) is 3.18. The highest BCUT2D eigenvalue weighted by molar-refractivity contribution is 4.96. The summed E-state index contributed by atoms with van der Waals surface area (Å²) in [6, 6.07) is 0.684. The molecule has 0 aromatic carbocycles. The standard InChI is InChI=1S/C16H29N/c1-5-6-7-8-16(17-4)15-11-9-14(10-12-15)13(2)3/h13-17H,7-12H2,1-4H3. The van der Waals surface area contributed by atoms with E-state index in [2.05, 4.69) is 38.1 Å². The molecule has 0 aliphatic heterocycles. The van der Waals surface area contributed by atoms with Gasteiger partial charge in [-0.25, -0.2) is 0 Å². The van der Waals surface area contributed by atoms with Crippen LogP contribution in [0.25, 0.3) is 0 Å². The summed E-state index contributed by atoms with van der Waals surface area (Å²) in [6.07, 6.45) is 7.95. The fourth-order valence-electron chi connectivity index (χ4n) is 3.18. The molecule has 1 nitrogen and oxygen atoms in total.